The van der Waals surface area contributed by atoms with Crippen molar-refractivity contribution in [1.29, 1.82) is 0 Å². The summed E-state index contributed by atoms with van der Waals surface area (Å²) in [4.78, 5) is 13.8. The molecular formula is C12H15N5O2. The average molecular weight is 261 g/mol. The number of fused-ring (bicyclic) bond motifs is 1. The highest BCUT2D eigenvalue weighted by molar-refractivity contribution is 5.86. The molecule has 0 saturated heterocycles. The highest BCUT2D eigenvalue weighted by Gasteiger charge is 2.08. The zero-order valence-corrected chi connectivity index (χ0v) is 10.4. The van der Waals surface area contributed by atoms with Gasteiger partial charge in [0.05, 0.1) is 5.56 Å². The molecule has 0 amide bonds. The van der Waals surface area contributed by atoms with E-state index in [2.05, 4.69) is 20.5 Å². The Balaban J connectivity index is 0.000000141. The van der Waals surface area contributed by atoms with Gasteiger partial charge in [0, 0.05) is 25.4 Å². The van der Waals surface area contributed by atoms with Gasteiger partial charge in [-0.2, -0.15) is 0 Å². The molecule has 7 nitrogen and oxygen atoms in total. The topological polar surface area (TPSA) is 93.8 Å². The smallest absolute Gasteiger partial charge is 0.337 e. The molecule has 0 aliphatic carbocycles. The minimum atomic E-state index is -0.942. The van der Waals surface area contributed by atoms with Crippen LogP contribution in [0.4, 0.5) is 0 Å². The summed E-state index contributed by atoms with van der Waals surface area (Å²) in [6.07, 6.45) is 7.64. The summed E-state index contributed by atoms with van der Waals surface area (Å²) in [6.45, 7) is 1.00. The van der Waals surface area contributed by atoms with E-state index in [0.29, 0.717) is 0 Å². The minimum Gasteiger partial charge on any atom is -0.478 e. The first-order valence-electron chi connectivity index (χ1n) is 6.16. The fourth-order valence-electron chi connectivity index (χ4n) is 1.79. The summed E-state index contributed by atoms with van der Waals surface area (Å²) in [7, 11) is 0. The Morgan fingerprint density at radius 1 is 1.32 bits per heavy atom. The second kappa shape index (κ2) is 6.58. The molecule has 0 unspecified atom stereocenters. The van der Waals surface area contributed by atoms with Crippen LogP contribution in [0, 0.1) is 0 Å². The third kappa shape index (κ3) is 3.84. The van der Waals surface area contributed by atoms with Gasteiger partial charge in [-0.3, -0.25) is 4.98 Å². The Morgan fingerprint density at radius 2 is 2.21 bits per heavy atom. The Bertz CT molecular complexity index is 505. The maximum atomic E-state index is 10.2. The van der Waals surface area contributed by atoms with Crippen molar-refractivity contribution >= 4 is 5.97 Å². The number of carboxylic acids is 1. The number of carboxylic acid groups (broad SMARTS) is 1. The molecule has 19 heavy (non-hydrogen) atoms. The highest BCUT2D eigenvalue weighted by atomic mass is 16.4. The SMILES string of the molecule is C1CCc2nnnn2CC1.O=C(O)c1cccnc1. The molecule has 3 rings (SSSR count). The van der Waals surface area contributed by atoms with Crippen molar-refractivity contribution in [3.05, 3.63) is 35.9 Å². The minimum absolute atomic E-state index is 0.220. The molecule has 0 spiro atoms. The third-order valence-corrected chi connectivity index (χ3v) is 2.78. The van der Waals surface area contributed by atoms with Crippen molar-refractivity contribution in [2.75, 3.05) is 0 Å². The lowest BCUT2D eigenvalue weighted by molar-refractivity contribution is 0.0696. The zero-order chi connectivity index (χ0) is 13.5. The number of rotatable bonds is 1. The molecule has 1 aliphatic rings. The Kier molecular flexibility index (Phi) is 4.54. The van der Waals surface area contributed by atoms with Crippen molar-refractivity contribution in [3.8, 4) is 0 Å². The fraction of sp³-hybridized carbons (Fsp3) is 0.417. The Labute approximate surface area is 110 Å². The Morgan fingerprint density at radius 3 is 2.89 bits per heavy atom. The van der Waals surface area contributed by atoms with E-state index in [4.69, 9.17) is 5.11 Å². The molecule has 100 valence electrons. The summed E-state index contributed by atoms with van der Waals surface area (Å²) >= 11 is 0. The third-order valence-electron chi connectivity index (χ3n) is 2.78. The van der Waals surface area contributed by atoms with Crippen molar-refractivity contribution in [2.24, 2.45) is 0 Å². The molecule has 2 aromatic heterocycles. The normalized spacial score (nSPS) is 13.7. The van der Waals surface area contributed by atoms with Gasteiger partial charge in [0.2, 0.25) is 0 Å². The first kappa shape index (κ1) is 13.1. The second-order valence-electron chi connectivity index (χ2n) is 4.18. The summed E-state index contributed by atoms with van der Waals surface area (Å²) in [5.74, 6) is 0.112. The summed E-state index contributed by atoms with van der Waals surface area (Å²) in [5, 5.41) is 19.7. The molecule has 2 aromatic rings. The molecule has 0 fully saturated rings. The average Bonchev–Trinajstić information content (AvgIpc) is 2.77. The van der Waals surface area contributed by atoms with Gasteiger partial charge in [-0.25, -0.2) is 9.48 Å². The van der Waals surface area contributed by atoms with Crippen molar-refractivity contribution in [3.63, 3.8) is 0 Å². The van der Waals surface area contributed by atoms with E-state index in [0.717, 1.165) is 18.8 Å². The molecule has 0 atom stereocenters. The van der Waals surface area contributed by atoms with E-state index in [1.165, 1.54) is 37.7 Å². The lowest BCUT2D eigenvalue weighted by Gasteiger charge is -1.94. The number of nitrogens with zero attached hydrogens (tertiary/aromatic N) is 5. The van der Waals surface area contributed by atoms with Crippen LogP contribution in [0.3, 0.4) is 0 Å². The molecule has 3 heterocycles. The van der Waals surface area contributed by atoms with Gasteiger partial charge in [0.1, 0.15) is 0 Å². The van der Waals surface area contributed by atoms with Crippen LogP contribution in [0.1, 0.15) is 35.4 Å². The van der Waals surface area contributed by atoms with Crippen molar-refractivity contribution < 1.29 is 9.90 Å². The van der Waals surface area contributed by atoms with Crippen molar-refractivity contribution in [1.82, 2.24) is 25.2 Å². The molecule has 1 aliphatic heterocycles. The monoisotopic (exact) mass is 261 g/mol. The predicted octanol–water partition coefficient (Wildman–Crippen LogP) is 1.18. The molecule has 0 radical (unpaired) electrons. The van der Waals surface area contributed by atoms with Crippen LogP contribution in [0.15, 0.2) is 24.5 Å². The van der Waals surface area contributed by atoms with Gasteiger partial charge in [-0.15, -0.1) is 5.10 Å². The van der Waals surface area contributed by atoms with Crippen LogP contribution in [-0.4, -0.2) is 36.3 Å². The Hall–Kier alpha value is -2.31. The van der Waals surface area contributed by atoms with Crippen LogP contribution < -0.4 is 0 Å². The standard InChI is InChI=1S/C6H10N4.C6H5NO2/c1-2-4-6-7-8-9-10(6)5-3-1;8-6(9)5-2-1-3-7-4-5/h1-5H2;1-4H,(H,8,9). The van der Waals surface area contributed by atoms with E-state index in [1.54, 1.807) is 6.07 Å². The van der Waals surface area contributed by atoms with Gasteiger partial charge < -0.3 is 5.11 Å². The first-order valence-corrected chi connectivity index (χ1v) is 6.16. The lowest BCUT2D eigenvalue weighted by atomic mass is 10.2. The number of tetrazole rings is 1. The van der Waals surface area contributed by atoms with Gasteiger partial charge in [-0.05, 0) is 35.4 Å². The number of carbonyl (C=O) groups is 1. The van der Waals surface area contributed by atoms with Crippen LogP contribution in [0.2, 0.25) is 0 Å². The van der Waals surface area contributed by atoms with Gasteiger partial charge in [0.15, 0.2) is 5.82 Å². The van der Waals surface area contributed by atoms with Gasteiger partial charge in [0.25, 0.3) is 0 Å². The maximum Gasteiger partial charge on any atom is 0.337 e. The van der Waals surface area contributed by atoms with E-state index in [-0.39, 0.29) is 5.56 Å². The van der Waals surface area contributed by atoms with E-state index in [9.17, 15) is 4.79 Å². The maximum absolute atomic E-state index is 10.2. The lowest BCUT2D eigenvalue weighted by Crippen LogP contribution is -2.02. The van der Waals surface area contributed by atoms with E-state index in [1.807, 2.05) is 4.68 Å². The van der Waals surface area contributed by atoms with Crippen LogP contribution in [0.25, 0.3) is 0 Å². The quantitative estimate of drug-likeness (QED) is 0.828. The number of aryl methyl sites for hydroxylation is 2. The van der Waals surface area contributed by atoms with E-state index >= 15 is 0 Å². The zero-order valence-electron chi connectivity index (χ0n) is 10.4. The molecule has 1 N–H and O–H groups in total. The highest BCUT2D eigenvalue weighted by Crippen LogP contribution is 2.09. The number of pyridine rings is 1. The van der Waals surface area contributed by atoms with Crippen LogP contribution in [0.5, 0.6) is 0 Å². The van der Waals surface area contributed by atoms with Crippen LogP contribution in [-0.2, 0) is 13.0 Å². The second-order valence-corrected chi connectivity index (χ2v) is 4.18. The molecule has 0 aromatic carbocycles. The molecule has 0 saturated carbocycles. The number of hydrogen-bond acceptors (Lipinski definition) is 5. The molecule has 0 bridgehead atoms. The number of aromatic carboxylic acids is 1. The van der Waals surface area contributed by atoms with Gasteiger partial charge >= 0.3 is 5.97 Å². The first-order chi connectivity index (χ1) is 9.27. The summed E-state index contributed by atoms with van der Waals surface area (Å²) < 4.78 is 1.91. The molecular weight excluding hydrogens is 246 g/mol. The number of aromatic nitrogens is 5. The van der Waals surface area contributed by atoms with Crippen LogP contribution >= 0.6 is 0 Å². The summed E-state index contributed by atoms with van der Waals surface area (Å²) in [6, 6.07) is 3.08. The van der Waals surface area contributed by atoms with E-state index < -0.39 is 5.97 Å². The predicted molar refractivity (Wildman–Crippen MR) is 66.6 cm³/mol. The fourth-order valence-corrected chi connectivity index (χ4v) is 1.79. The molecule has 7 heteroatoms. The van der Waals surface area contributed by atoms with Crippen molar-refractivity contribution in [2.45, 2.75) is 32.2 Å². The summed E-state index contributed by atoms with van der Waals surface area (Å²) in [5.41, 5.74) is 0.220. The van der Waals surface area contributed by atoms with Gasteiger partial charge in [-0.1, -0.05) is 6.42 Å². The largest absolute Gasteiger partial charge is 0.478 e. The number of hydrogen-bond donors (Lipinski definition) is 1.